The predicted octanol–water partition coefficient (Wildman–Crippen LogP) is 0.901. The van der Waals surface area contributed by atoms with Crippen LogP contribution in [0.2, 0.25) is 0 Å². The number of ketones is 1. The zero-order valence-electron chi connectivity index (χ0n) is 19.9. The maximum absolute atomic E-state index is 13.1. The van der Waals surface area contributed by atoms with Gasteiger partial charge in [-0.05, 0) is 30.4 Å². The van der Waals surface area contributed by atoms with Crippen molar-refractivity contribution in [3.05, 3.63) is 48.0 Å². The lowest BCUT2D eigenvalue weighted by molar-refractivity contribution is -0.277. The van der Waals surface area contributed by atoms with Crippen LogP contribution in [0.3, 0.4) is 0 Å². The molecule has 0 radical (unpaired) electrons. The smallest absolute Gasteiger partial charge is 0.229 e. The number of phenols is 1. The van der Waals surface area contributed by atoms with Gasteiger partial charge in [0.05, 0.1) is 31.0 Å². The largest absolute Gasteiger partial charge is 0.506 e. The maximum Gasteiger partial charge on any atom is 0.229 e. The molecule has 0 bridgehead atoms. The Morgan fingerprint density at radius 3 is 2.61 bits per heavy atom. The number of aromatic nitrogens is 2. The van der Waals surface area contributed by atoms with Crippen LogP contribution in [0.5, 0.6) is 17.2 Å². The van der Waals surface area contributed by atoms with Gasteiger partial charge in [0.15, 0.2) is 5.78 Å². The molecule has 11 nitrogen and oxygen atoms in total. The van der Waals surface area contributed by atoms with Crippen LogP contribution >= 0.6 is 0 Å². The number of aliphatic hydroxyl groups excluding tert-OH is 4. The summed E-state index contributed by atoms with van der Waals surface area (Å²) in [4.78, 5) is 17.1. The minimum atomic E-state index is -1.65. The first kappa shape index (κ1) is 25.9. The number of carbonyl (C=O) groups excluding carboxylic acids is 1. The first-order valence-corrected chi connectivity index (χ1v) is 11.6. The summed E-state index contributed by atoms with van der Waals surface area (Å²) in [7, 11) is 1.45. The number of imidazole rings is 1. The Kier molecular flexibility index (Phi) is 7.76. The minimum Gasteiger partial charge on any atom is -0.506 e. The van der Waals surface area contributed by atoms with Crippen molar-refractivity contribution in [2.75, 3.05) is 13.7 Å². The van der Waals surface area contributed by atoms with Crippen LogP contribution in [-0.2, 0) is 11.3 Å². The molecule has 4 rings (SSSR count). The molecule has 1 aliphatic rings. The number of carbonyl (C=O) groups is 1. The summed E-state index contributed by atoms with van der Waals surface area (Å²) in [5, 5.41) is 52.0. The predicted molar refractivity (Wildman–Crippen MR) is 127 cm³/mol. The highest BCUT2D eigenvalue weighted by Crippen LogP contribution is 2.42. The van der Waals surface area contributed by atoms with Gasteiger partial charge in [-0.25, -0.2) is 4.98 Å². The molecule has 0 unspecified atom stereocenters. The Morgan fingerprint density at radius 1 is 1.17 bits per heavy atom. The number of benzene rings is 2. The van der Waals surface area contributed by atoms with Crippen molar-refractivity contribution < 1.29 is 44.5 Å². The summed E-state index contributed by atoms with van der Waals surface area (Å²) >= 11 is 0. The fourth-order valence-electron chi connectivity index (χ4n) is 4.41. The van der Waals surface area contributed by atoms with Gasteiger partial charge in [0, 0.05) is 31.4 Å². The van der Waals surface area contributed by atoms with Crippen molar-refractivity contribution in [2.45, 2.75) is 57.0 Å². The first-order valence-electron chi connectivity index (χ1n) is 11.6. The summed E-state index contributed by atoms with van der Waals surface area (Å²) in [6.45, 7) is 1.70. The first-order chi connectivity index (χ1) is 17.2. The van der Waals surface area contributed by atoms with E-state index in [0.29, 0.717) is 29.7 Å². The number of aliphatic hydroxyl groups is 4. The van der Waals surface area contributed by atoms with E-state index in [4.69, 9.17) is 14.2 Å². The number of methoxy groups -OCH3 is 1. The average molecular weight is 503 g/mol. The summed E-state index contributed by atoms with van der Waals surface area (Å²) < 4.78 is 18.5. The Bertz CT molecular complexity index is 1210. The van der Waals surface area contributed by atoms with Crippen molar-refractivity contribution in [1.82, 2.24) is 9.55 Å². The number of phenolic OH excluding ortho intramolecular Hbond substituents is 1. The molecule has 5 atom stereocenters. The van der Waals surface area contributed by atoms with Gasteiger partial charge >= 0.3 is 0 Å². The van der Waals surface area contributed by atoms with Crippen LogP contribution in [0, 0.1) is 6.92 Å². The van der Waals surface area contributed by atoms with Crippen LogP contribution in [0.25, 0.3) is 10.8 Å². The quantitative estimate of drug-likeness (QED) is 0.266. The molecule has 2 heterocycles. The highest BCUT2D eigenvalue weighted by Gasteiger charge is 2.45. The standard InChI is InChI=1S/C25H30N2O9/c1-13-8-14-9-15(34-2)10-17(35-25-24(33)23(32)21(30)18(11-28)36-25)20(14)22(31)19(13)16(29)4-3-6-27-7-5-26-12-27/h5,7-10,12,18,21,23-25,28,30-33H,3-4,6,11H2,1-2H3/t18-,21-,23+,24-,25-/m1/s1. The SMILES string of the molecule is COc1cc(O[C@@H]2O[C@H](CO)[C@@H](O)[C@H](O)[C@H]2O)c2c(O)c(C(=O)CCCn3ccnc3)c(C)cc2c1. The lowest BCUT2D eigenvalue weighted by Gasteiger charge is -2.39. The van der Waals surface area contributed by atoms with Crippen molar-refractivity contribution in [3.8, 4) is 17.2 Å². The number of ether oxygens (including phenoxy) is 3. The number of fused-ring (bicyclic) bond motifs is 1. The normalized spacial score (nSPS) is 24.1. The van der Waals surface area contributed by atoms with E-state index in [0.717, 1.165) is 0 Å². The maximum atomic E-state index is 13.1. The van der Waals surface area contributed by atoms with Crippen molar-refractivity contribution in [3.63, 3.8) is 0 Å². The van der Waals surface area contributed by atoms with E-state index in [1.165, 1.54) is 13.2 Å². The highest BCUT2D eigenvalue weighted by atomic mass is 16.7. The summed E-state index contributed by atoms with van der Waals surface area (Å²) in [6.07, 6.45) is -1.62. The second-order valence-corrected chi connectivity index (χ2v) is 8.78. The van der Waals surface area contributed by atoms with Gasteiger partial charge < -0.3 is 44.3 Å². The average Bonchev–Trinajstić information content (AvgIpc) is 3.37. The molecule has 0 amide bonds. The Labute approximate surface area is 207 Å². The molecular formula is C25H30N2O9. The third-order valence-electron chi connectivity index (χ3n) is 6.33. The molecule has 1 aromatic heterocycles. The zero-order valence-corrected chi connectivity index (χ0v) is 19.9. The van der Waals surface area contributed by atoms with Gasteiger partial charge in [-0.15, -0.1) is 0 Å². The molecule has 5 N–H and O–H groups in total. The molecule has 0 spiro atoms. The van der Waals surface area contributed by atoms with Gasteiger partial charge in [-0.2, -0.15) is 0 Å². The van der Waals surface area contributed by atoms with Crippen LogP contribution in [0.4, 0.5) is 0 Å². The van der Waals surface area contributed by atoms with Gasteiger partial charge in [0.2, 0.25) is 6.29 Å². The monoisotopic (exact) mass is 502 g/mol. The van der Waals surface area contributed by atoms with Gasteiger partial charge in [0.1, 0.15) is 41.7 Å². The van der Waals surface area contributed by atoms with Crippen LogP contribution in [-0.4, -0.2) is 85.3 Å². The van der Waals surface area contributed by atoms with Gasteiger partial charge in [-0.1, -0.05) is 6.07 Å². The molecule has 1 aliphatic heterocycles. The van der Waals surface area contributed by atoms with Crippen molar-refractivity contribution in [2.24, 2.45) is 0 Å². The van der Waals surface area contributed by atoms with Crippen LogP contribution < -0.4 is 9.47 Å². The summed E-state index contributed by atoms with van der Waals surface area (Å²) in [5.41, 5.74) is 0.719. The number of Topliss-reactive ketones (excluding diaryl/α,β-unsaturated/α-hetero) is 1. The number of hydrogen-bond acceptors (Lipinski definition) is 10. The van der Waals surface area contributed by atoms with Gasteiger partial charge in [-0.3, -0.25) is 4.79 Å². The number of nitrogens with zero attached hydrogens (tertiary/aromatic N) is 2. The number of rotatable bonds is 9. The van der Waals surface area contributed by atoms with E-state index < -0.39 is 37.3 Å². The van der Waals surface area contributed by atoms with E-state index in [2.05, 4.69) is 4.98 Å². The number of hydrogen-bond donors (Lipinski definition) is 5. The molecule has 11 heteroatoms. The fourth-order valence-corrected chi connectivity index (χ4v) is 4.41. The summed E-state index contributed by atoms with van der Waals surface area (Å²) in [6, 6.07) is 4.84. The minimum absolute atomic E-state index is 0.0265. The molecule has 0 aliphatic carbocycles. The molecule has 1 fully saturated rings. The lowest BCUT2D eigenvalue weighted by atomic mass is 9.94. The van der Waals surface area contributed by atoms with Crippen LogP contribution in [0.1, 0.15) is 28.8 Å². The van der Waals surface area contributed by atoms with E-state index >= 15 is 0 Å². The molecule has 3 aromatic rings. The Morgan fingerprint density at radius 2 is 1.94 bits per heavy atom. The molecular weight excluding hydrogens is 472 g/mol. The lowest BCUT2D eigenvalue weighted by Crippen LogP contribution is -2.60. The molecule has 0 saturated carbocycles. The van der Waals surface area contributed by atoms with E-state index in [-0.39, 0.29) is 34.7 Å². The third-order valence-corrected chi connectivity index (χ3v) is 6.33. The molecule has 36 heavy (non-hydrogen) atoms. The van der Waals surface area contributed by atoms with Gasteiger partial charge in [0.25, 0.3) is 0 Å². The van der Waals surface area contributed by atoms with Crippen molar-refractivity contribution in [1.29, 1.82) is 0 Å². The number of aryl methyl sites for hydroxylation is 2. The summed E-state index contributed by atoms with van der Waals surface area (Å²) in [5.74, 6) is -0.138. The van der Waals surface area contributed by atoms with Crippen LogP contribution in [0.15, 0.2) is 36.9 Å². The highest BCUT2D eigenvalue weighted by molar-refractivity contribution is 6.08. The van der Waals surface area contributed by atoms with E-state index in [1.54, 1.807) is 37.8 Å². The third kappa shape index (κ3) is 5.01. The Hall–Kier alpha value is -3.22. The molecule has 194 valence electrons. The molecule has 2 aromatic carbocycles. The number of aromatic hydroxyl groups is 1. The second kappa shape index (κ2) is 10.8. The van der Waals surface area contributed by atoms with Crippen molar-refractivity contribution >= 4 is 16.6 Å². The Balaban J connectivity index is 1.68. The zero-order chi connectivity index (χ0) is 26.0. The fraction of sp³-hybridized carbons (Fsp3) is 0.440. The molecule has 1 saturated heterocycles. The van der Waals surface area contributed by atoms with E-state index in [9.17, 15) is 30.3 Å². The van der Waals surface area contributed by atoms with E-state index in [1.807, 2.05) is 4.57 Å². The second-order valence-electron chi connectivity index (χ2n) is 8.78. The topological polar surface area (TPSA) is 164 Å².